The molecule has 2 aliphatic heterocycles. The number of carbonyl (C=O) groups excluding carboxylic acids is 1. The van der Waals surface area contributed by atoms with Gasteiger partial charge in [0.25, 0.3) is 0 Å². The second-order valence-electron chi connectivity index (χ2n) is 7.62. The van der Waals surface area contributed by atoms with Crippen LogP contribution >= 0.6 is 0 Å². The van der Waals surface area contributed by atoms with Gasteiger partial charge >= 0.3 is 0 Å². The molecule has 5 nitrogen and oxygen atoms in total. The van der Waals surface area contributed by atoms with Crippen molar-refractivity contribution in [3.05, 3.63) is 0 Å². The van der Waals surface area contributed by atoms with Crippen molar-refractivity contribution in [1.29, 1.82) is 0 Å². The zero-order valence-electron chi connectivity index (χ0n) is 13.1. The van der Waals surface area contributed by atoms with Crippen LogP contribution in [-0.4, -0.2) is 54.5 Å². The van der Waals surface area contributed by atoms with Gasteiger partial charge in [0, 0.05) is 31.6 Å². The third-order valence-electron chi connectivity index (χ3n) is 6.04. The Labute approximate surface area is 133 Å². The highest BCUT2D eigenvalue weighted by Crippen LogP contribution is 2.39. The first-order valence-corrected chi connectivity index (χ1v) is 10.4. The lowest BCUT2D eigenvalue weighted by Gasteiger charge is -2.47. The van der Waals surface area contributed by atoms with Crippen molar-refractivity contribution in [3.8, 4) is 0 Å². The van der Waals surface area contributed by atoms with E-state index in [9.17, 15) is 13.2 Å². The average Bonchev–Trinajstić information content (AvgIpc) is 3.27. The van der Waals surface area contributed by atoms with Crippen LogP contribution < -0.4 is 0 Å². The lowest BCUT2D eigenvalue weighted by molar-refractivity contribution is -0.141. The number of fused-ring (bicyclic) bond motifs is 1. The minimum absolute atomic E-state index is 0.295. The molecule has 2 saturated heterocycles. The molecular weight excluding hydrogens is 300 g/mol. The van der Waals surface area contributed by atoms with Crippen LogP contribution in [0.4, 0.5) is 0 Å². The van der Waals surface area contributed by atoms with Crippen molar-refractivity contribution >= 4 is 15.9 Å². The predicted octanol–water partition coefficient (Wildman–Crippen LogP) is 1.59. The Morgan fingerprint density at radius 2 is 1.82 bits per heavy atom. The first-order valence-electron chi connectivity index (χ1n) is 8.83. The topological polar surface area (TPSA) is 57.7 Å². The molecule has 4 rings (SSSR count). The van der Waals surface area contributed by atoms with Crippen LogP contribution in [0.15, 0.2) is 0 Å². The normalized spacial score (nSPS) is 34.4. The van der Waals surface area contributed by atoms with E-state index in [1.165, 1.54) is 6.42 Å². The van der Waals surface area contributed by atoms with Crippen LogP contribution in [-0.2, 0) is 14.8 Å². The summed E-state index contributed by atoms with van der Waals surface area (Å²) in [6.45, 7) is 1.24. The quantitative estimate of drug-likeness (QED) is 0.788. The summed E-state index contributed by atoms with van der Waals surface area (Å²) in [4.78, 5) is 14.3. The molecule has 0 aromatic heterocycles. The number of nitrogens with zero attached hydrogens (tertiary/aromatic N) is 2. The Kier molecular flexibility index (Phi) is 3.72. The Balaban J connectivity index is 1.44. The summed E-state index contributed by atoms with van der Waals surface area (Å²) in [7, 11) is -3.10. The van der Waals surface area contributed by atoms with Crippen molar-refractivity contribution in [2.24, 2.45) is 11.8 Å². The van der Waals surface area contributed by atoms with E-state index >= 15 is 0 Å². The highest BCUT2D eigenvalue weighted by atomic mass is 32.2. The largest absolute Gasteiger partial charge is 0.336 e. The zero-order chi connectivity index (χ0) is 15.3. The molecule has 0 aromatic rings. The van der Waals surface area contributed by atoms with Crippen LogP contribution in [0.2, 0.25) is 0 Å². The van der Waals surface area contributed by atoms with Crippen LogP contribution in [0, 0.1) is 11.8 Å². The molecule has 4 fully saturated rings. The monoisotopic (exact) mass is 326 g/mol. The molecule has 0 unspecified atom stereocenters. The fraction of sp³-hybridized carbons (Fsp3) is 0.938. The number of rotatable bonds is 4. The summed E-state index contributed by atoms with van der Waals surface area (Å²) < 4.78 is 26.9. The lowest BCUT2D eigenvalue weighted by atomic mass is 9.84. The van der Waals surface area contributed by atoms with Gasteiger partial charge in [0.2, 0.25) is 15.9 Å². The maximum Gasteiger partial charge on any atom is 0.223 e. The molecule has 6 heteroatoms. The predicted molar refractivity (Wildman–Crippen MR) is 83.7 cm³/mol. The van der Waals surface area contributed by atoms with E-state index in [4.69, 9.17) is 0 Å². The standard InChI is InChI=1S/C16H26N2O3S/c19-16-7-4-13-10-17(22(20,21)11-12-2-1-3-12)9-8-15(13)18(16)14-5-6-14/h12-15H,1-11H2/t13-,15-/m0/s1. The van der Waals surface area contributed by atoms with E-state index in [0.29, 0.717) is 55.1 Å². The number of hydrogen-bond donors (Lipinski definition) is 0. The van der Waals surface area contributed by atoms with Gasteiger partial charge < -0.3 is 4.90 Å². The molecule has 0 radical (unpaired) electrons. The molecule has 2 heterocycles. The van der Waals surface area contributed by atoms with Gasteiger partial charge in [0.1, 0.15) is 0 Å². The molecule has 2 atom stereocenters. The number of likely N-dealkylation sites (tertiary alicyclic amines) is 1. The van der Waals surface area contributed by atoms with Crippen LogP contribution in [0.5, 0.6) is 0 Å². The lowest BCUT2D eigenvalue weighted by Crippen LogP contribution is -2.57. The molecular formula is C16H26N2O3S. The Hall–Kier alpha value is -0.620. The van der Waals surface area contributed by atoms with E-state index in [1.54, 1.807) is 4.31 Å². The Morgan fingerprint density at radius 3 is 2.45 bits per heavy atom. The minimum Gasteiger partial charge on any atom is -0.336 e. The van der Waals surface area contributed by atoms with Crippen molar-refractivity contribution < 1.29 is 13.2 Å². The van der Waals surface area contributed by atoms with E-state index in [1.807, 2.05) is 0 Å². The summed E-state index contributed by atoms with van der Waals surface area (Å²) in [5.41, 5.74) is 0. The van der Waals surface area contributed by atoms with Crippen LogP contribution in [0.3, 0.4) is 0 Å². The summed E-state index contributed by atoms with van der Waals surface area (Å²) in [5.74, 6) is 1.38. The van der Waals surface area contributed by atoms with E-state index in [-0.39, 0.29) is 0 Å². The van der Waals surface area contributed by atoms with Crippen LogP contribution in [0.1, 0.15) is 51.4 Å². The average molecular weight is 326 g/mol. The SMILES string of the molecule is O=C1CC[C@H]2CN(S(=O)(=O)CC3CCC3)CC[C@@H]2N1C1CC1. The molecule has 0 spiro atoms. The Morgan fingerprint density at radius 1 is 1.05 bits per heavy atom. The first kappa shape index (κ1) is 14.9. The zero-order valence-corrected chi connectivity index (χ0v) is 13.9. The van der Waals surface area contributed by atoms with Crippen molar-refractivity contribution in [2.45, 2.75) is 63.5 Å². The maximum absolute atomic E-state index is 12.6. The van der Waals surface area contributed by atoms with Gasteiger partial charge in [-0.15, -0.1) is 0 Å². The number of piperidine rings is 2. The van der Waals surface area contributed by atoms with Crippen molar-refractivity contribution in [3.63, 3.8) is 0 Å². The molecule has 2 aliphatic carbocycles. The molecule has 0 aromatic carbocycles. The number of sulfonamides is 1. The van der Waals surface area contributed by atoms with Crippen molar-refractivity contribution in [2.75, 3.05) is 18.8 Å². The molecule has 22 heavy (non-hydrogen) atoms. The van der Waals surface area contributed by atoms with Gasteiger partial charge in [-0.3, -0.25) is 4.79 Å². The summed E-state index contributed by atoms with van der Waals surface area (Å²) in [6.07, 6.45) is 7.90. The maximum atomic E-state index is 12.6. The number of hydrogen-bond acceptors (Lipinski definition) is 3. The smallest absolute Gasteiger partial charge is 0.223 e. The van der Waals surface area contributed by atoms with Crippen molar-refractivity contribution in [1.82, 2.24) is 9.21 Å². The second kappa shape index (κ2) is 5.48. The first-order chi connectivity index (χ1) is 10.5. The second-order valence-corrected chi connectivity index (χ2v) is 9.63. The molecule has 124 valence electrons. The molecule has 0 N–H and O–H groups in total. The minimum atomic E-state index is -3.10. The Bertz CT molecular complexity index is 554. The third kappa shape index (κ3) is 2.68. The van der Waals surface area contributed by atoms with E-state index < -0.39 is 10.0 Å². The third-order valence-corrected chi connectivity index (χ3v) is 8.05. The fourth-order valence-corrected chi connectivity index (χ4v) is 6.34. The van der Waals surface area contributed by atoms with Gasteiger partial charge in [-0.2, -0.15) is 0 Å². The number of amides is 1. The molecule has 1 amide bonds. The highest BCUT2D eigenvalue weighted by molar-refractivity contribution is 7.89. The summed E-state index contributed by atoms with van der Waals surface area (Å²) >= 11 is 0. The van der Waals surface area contributed by atoms with Gasteiger partial charge in [-0.25, -0.2) is 12.7 Å². The summed E-state index contributed by atoms with van der Waals surface area (Å²) in [5, 5.41) is 0. The molecule has 2 saturated carbocycles. The van der Waals surface area contributed by atoms with E-state index in [0.717, 1.165) is 38.5 Å². The molecule has 0 bridgehead atoms. The fourth-order valence-electron chi connectivity index (χ4n) is 4.40. The molecule has 4 aliphatic rings. The van der Waals surface area contributed by atoms with Gasteiger partial charge in [-0.05, 0) is 50.4 Å². The summed E-state index contributed by atoms with van der Waals surface area (Å²) in [6, 6.07) is 0.752. The van der Waals surface area contributed by atoms with Gasteiger partial charge in [0.05, 0.1) is 5.75 Å². The van der Waals surface area contributed by atoms with Gasteiger partial charge in [-0.1, -0.05) is 6.42 Å². The number of carbonyl (C=O) groups is 1. The highest BCUT2D eigenvalue weighted by Gasteiger charge is 2.46. The van der Waals surface area contributed by atoms with Gasteiger partial charge in [0.15, 0.2) is 0 Å². The van der Waals surface area contributed by atoms with Crippen LogP contribution in [0.25, 0.3) is 0 Å². The van der Waals surface area contributed by atoms with E-state index in [2.05, 4.69) is 4.90 Å².